The first kappa shape index (κ1) is 11.9. The van der Waals surface area contributed by atoms with E-state index in [1.54, 1.807) is 0 Å². The summed E-state index contributed by atoms with van der Waals surface area (Å²) in [5.74, 6) is 5.77. The van der Waals surface area contributed by atoms with Crippen LogP contribution in [0.5, 0.6) is 5.75 Å². The third-order valence-electron chi connectivity index (χ3n) is 3.04. The number of hydrogen-bond donors (Lipinski definition) is 2. The van der Waals surface area contributed by atoms with Crippen molar-refractivity contribution in [3.8, 4) is 5.75 Å². The first-order valence-electron chi connectivity index (χ1n) is 5.80. The van der Waals surface area contributed by atoms with Crippen LogP contribution >= 0.6 is 0 Å². The quantitative estimate of drug-likeness (QED) is 0.461. The number of benzene rings is 1. The van der Waals surface area contributed by atoms with E-state index in [1.165, 1.54) is 5.56 Å². The number of fused-ring (bicyclic) bond motifs is 1. The lowest BCUT2D eigenvalue weighted by Crippen LogP contribution is -2.33. The lowest BCUT2D eigenvalue weighted by atomic mass is 9.93. The number of ether oxygens (including phenoxy) is 1. The van der Waals surface area contributed by atoms with E-state index in [4.69, 9.17) is 10.6 Å². The summed E-state index contributed by atoms with van der Waals surface area (Å²) in [6.45, 7) is 4.16. The van der Waals surface area contributed by atoms with E-state index in [-0.39, 0.29) is 17.9 Å². The Bertz CT molecular complexity index is 441. The van der Waals surface area contributed by atoms with Crippen LogP contribution in [-0.2, 0) is 17.6 Å². The molecule has 1 aromatic carbocycles. The molecule has 1 heterocycles. The minimum atomic E-state index is -0.194. The van der Waals surface area contributed by atoms with Crippen LogP contribution < -0.4 is 16.0 Å². The Morgan fingerprint density at radius 3 is 3.00 bits per heavy atom. The molecule has 4 heteroatoms. The van der Waals surface area contributed by atoms with E-state index in [0.717, 1.165) is 24.2 Å². The van der Waals surface area contributed by atoms with Crippen molar-refractivity contribution in [3.05, 3.63) is 29.3 Å². The summed E-state index contributed by atoms with van der Waals surface area (Å²) in [4.78, 5) is 11.2. The van der Waals surface area contributed by atoms with E-state index in [1.807, 2.05) is 18.2 Å². The maximum Gasteiger partial charge on any atom is 0.238 e. The van der Waals surface area contributed by atoms with E-state index in [9.17, 15) is 4.79 Å². The zero-order chi connectivity index (χ0) is 12.5. The third kappa shape index (κ3) is 2.77. The zero-order valence-electron chi connectivity index (χ0n) is 10.2. The van der Waals surface area contributed by atoms with Crippen molar-refractivity contribution >= 4 is 5.91 Å². The number of rotatable bonds is 2. The summed E-state index contributed by atoms with van der Waals surface area (Å²) in [6.07, 6.45) is 2.32. The van der Waals surface area contributed by atoms with Gasteiger partial charge in [-0.3, -0.25) is 10.2 Å². The minimum absolute atomic E-state index is 0.123. The Kier molecular flexibility index (Phi) is 3.07. The number of nitrogens with one attached hydrogen (secondary N) is 1. The molecular weight excluding hydrogens is 216 g/mol. The van der Waals surface area contributed by atoms with Crippen molar-refractivity contribution in [1.82, 2.24) is 5.43 Å². The molecule has 2 rings (SSSR count). The minimum Gasteiger partial charge on any atom is -0.488 e. The van der Waals surface area contributed by atoms with Gasteiger partial charge in [0.15, 0.2) is 0 Å². The summed E-state index contributed by atoms with van der Waals surface area (Å²) >= 11 is 0. The van der Waals surface area contributed by atoms with Crippen LogP contribution in [0.4, 0.5) is 0 Å². The summed E-state index contributed by atoms with van der Waals surface area (Å²) in [5.41, 5.74) is 4.14. The molecule has 0 fully saturated rings. The molecule has 0 aliphatic carbocycles. The van der Waals surface area contributed by atoms with Crippen molar-refractivity contribution in [2.45, 2.75) is 38.7 Å². The molecule has 0 bridgehead atoms. The smallest absolute Gasteiger partial charge is 0.238 e. The van der Waals surface area contributed by atoms with Gasteiger partial charge >= 0.3 is 0 Å². The molecule has 4 nitrogen and oxygen atoms in total. The van der Waals surface area contributed by atoms with Gasteiger partial charge in [-0.05, 0) is 43.9 Å². The van der Waals surface area contributed by atoms with Crippen LogP contribution in [0.1, 0.15) is 31.4 Å². The second-order valence-corrected chi connectivity index (χ2v) is 5.05. The maximum atomic E-state index is 11.2. The maximum absolute atomic E-state index is 11.2. The highest BCUT2D eigenvalue weighted by Crippen LogP contribution is 2.33. The molecule has 1 amide bonds. The fraction of sp³-hybridized carbons (Fsp3) is 0.462. The first-order valence-corrected chi connectivity index (χ1v) is 5.80. The van der Waals surface area contributed by atoms with Crippen LogP contribution in [0.25, 0.3) is 0 Å². The molecule has 1 aliphatic rings. The van der Waals surface area contributed by atoms with Crippen molar-refractivity contribution in [2.75, 3.05) is 0 Å². The normalized spacial score (nSPS) is 16.9. The highest BCUT2D eigenvalue weighted by Gasteiger charge is 2.26. The monoisotopic (exact) mass is 234 g/mol. The van der Waals surface area contributed by atoms with E-state index in [2.05, 4.69) is 19.3 Å². The highest BCUT2D eigenvalue weighted by atomic mass is 16.5. The zero-order valence-corrected chi connectivity index (χ0v) is 10.2. The molecule has 0 atom stereocenters. The molecule has 92 valence electrons. The van der Waals surface area contributed by atoms with Crippen LogP contribution in [0, 0.1) is 0 Å². The predicted octanol–water partition coefficient (Wildman–Crippen LogP) is 1.32. The number of aryl methyl sites for hydroxylation is 1. The largest absolute Gasteiger partial charge is 0.488 e. The Balaban J connectivity index is 2.21. The van der Waals surface area contributed by atoms with Crippen LogP contribution in [0.15, 0.2) is 18.2 Å². The van der Waals surface area contributed by atoms with E-state index >= 15 is 0 Å². The topological polar surface area (TPSA) is 64.4 Å². The van der Waals surface area contributed by atoms with Gasteiger partial charge in [-0.2, -0.15) is 0 Å². The van der Waals surface area contributed by atoms with Gasteiger partial charge in [0.1, 0.15) is 11.4 Å². The van der Waals surface area contributed by atoms with Gasteiger partial charge in [-0.25, -0.2) is 5.84 Å². The standard InChI is InChI=1S/C13H18N2O2/c1-13(2)6-5-10-4-3-9(7-11(10)17-13)8-12(16)15-14/h3-4,7H,5-6,8,14H2,1-2H3,(H,15,16). The van der Waals surface area contributed by atoms with Crippen LogP contribution in [0.2, 0.25) is 0 Å². The number of carbonyl (C=O) groups excluding carboxylic acids is 1. The Morgan fingerprint density at radius 2 is 2.29 bits per heavy atom. The van der Waals surface area contributed by atoms with Gasteiger partial charge in [-0.1, -0.05) is 12.1 Å². The average Bonchev–Trinajstić information content (AvgIpc) is 2.27. The van der Waals surface area contributed by atoms with Crippen molar-refractivity contribution < 1.29 is 9.53 Å². The second-order valence-electron chi connectivity index (χ2n) is 5.05. The Hall–Kier alpha value is -1.55. The van der Waals surface area contributed by atoms with Crippen molar-refractivity contribution in [2.24, 2.45) is 5.84 Å². The third-order valence-corrected chi connectivity index (χ3v) is 3.04. The van der Waals surface area contributed by atoms with Gasteiger partial charge in [0.25, 0.3) is 0 Å². The second kappa shape index (κ2) is 4.37. The van der Waals surface area contributed by atoms with Gasteiger partial charge in [-0.15, -0.1) is 0 Å². The number of carbonyl (C=O) groups is 1. The fourth-order valence-corrected chi connectivity index (χ4v) is 2.03. The average molecular weight is 234 g/mol. The van der Waals surface area contributed by atoms with Gasteiger partial charge in [0, 0.05) is 0 Å². The van der Waals surface area contributed by atoms with Gasteiger partial charge < -0.3 is 4.74 Å². The predicted molar refractivity (Wildman–Crippen MR) is 65.5 cm³/mol. The molecule has 1 aliphatic heterocycles. The van der Waals surface area contributed by atoms with Crippen molar-refractivity contribution in [3.63, 3.8) is 0 Å². The number of amides is 1. The summed E-state index contributed by atoms with van der Waals surface area (Å²) in [7, 11) is 0. The molecule has 0 saturated heterocycles. The summed E-state index contributed by atoms with van der Waals surface area (Å²) in [5, 5.41) is 0. The van der Waals surface area contributed by atoms with Gasteiger partial charge in [0.05, 0.1) is 6.42 Å². The summed E-state index contributed by atoms with van der Waals surface area (Å²) < 4.78 is 5.91. The molecular formula is C13H18N2O2. The molecule has 0 saturated carbocycles. The molecule has 3 N–H and O–H groups in total. The number of hydrogen-bond acceptors (Lipinski definition) is 3. The van der Waals surface area contributed by atoms with Gasteiger partial charge in [0.2, 0.25) is 5.91 Å². The Morgan fingerprint density at radius 1 is 1.53 bits per heavy atom. The van der Waals surface area contributed by atoms with Crippen LogP contribution in [-0.4, -0.2) is 11.5 Å². The first-order chi connectivity index (χ1) is 8.00. The molecule has 0 aromatic heterocycles. The molecule has 17 heavy (non-hydrogen) atoms. The molecule has 0 unspecified atom stereocenters. The summed E-state index contributed by atoms with van der Waals surface area (Å²) in [6, 6.07) is 5.92. The Labute approximate surface area is 101 Å². The van der Waals surface area contributed by atoms with E-state index in [0.29, 0.717) is 0 Å². The van der Waals surface area contributed by atoms with Crippen molar-refractivity contribution in [1.29, 1.82) is 0 Å². The highest BCUT2D eigenvalue weighted by molar-refractivity contribution is 5.78. The van der Waals surface area contributed by atoms with E-state index < -0.39 is 0 Å². The molecule has 0 radical (unpaired) electrons. The van der Waals surface area contributed by atoms with Crippen LogP contribution in [0.3, 0.4) is 0 Å². The number of nitrogens with two attached hydrogens (primary N) is 1. The SMILES string of the molecule is CC1(C)CCc2ccc(CC(=O)NN)cc2O1. The molecule has 1 aromatic rings. The lowest BCUT2D eigenvalue weighted by Gasteiger charge is -2.32. The fourth-order valence-electron chi connectivity index (χ4n) is 2.03. The molecule has 0 spiro atoms. The number of hydrazine groups is 1. The lowest BCUT2D eigenvalue weighted by molar-refractivity contribution is -0.120.